The van der Waals surface area contributed by atoms with Crippen LogP contribution in [0.1, 0.15) is 72.1 Å². The summed E-state index contributed by atoms with van der Waals surface area (Å²) in [5, 5.41) is 6.81. The maximum Gasteiger partial charge on any atom is 0.251 e. The second-order valence-electron chi connectivity index (χ2n) is 7.02. The predicted molar refractivity (Wildman–Crippen MR) is 106 cm³/mol. The van der Waals surface area contributed by atoms with E-state index in [2.05, 4.69) is 15.5 Å². The highest BCUT2D eigenvalue weighted by Crippen LogP contribution is 2.25. The zero-order chi connectivity index (χ0) is 20.3. The lowest BCUT2D eigenvalue weighted by Gasteiger charge is -2.12. The van der Waals surface area contributed by atoms with Crippen LogP contribution in [0.5, 0.6) is 0 Å². The Hall–Kier alpha value is -3.28. The summed E-state index contributed by atoms with van der Waals surface area (Å²) in [4.78, 5) is 28.9. The van der Waals surface area contributed by atoms with E-state index >= 15 is 0 Å². The van der Waals surface area contributed by atoms with E-state index in [4.69, 9.17) is 4.52 Å². The Morgan fingerprint density at radius 2 is 1.79 bits per heavy atom. The van der Waals surface area contributed by atoms with E-state index in [0.717, 1.165) is 11.1 Å². The van der Waals surface area contributed by atoms with Gasteiger partial charge in [0.25, 0.3) is 5.91 Å². The van der Waals surface area contributed by atoms with Gasteiger partial charge in [-0.15, -0.1) is 0 Å². The molecule has 0 radical (unpaired) electrons. The molecule has 0 saturated carbocycles. The highest BCUT2D eigenvalue weighted by Gasteiger charge is 2.19. The summed E-state index contributed by atoms with van der Waals surface area (Å²) in [7, 11) is 0. The third-order valence-electron chi connectivity index (χ3n) is 4.43. The van der Waals surface area contributed by atoms with Gasteiger partial charge in [0.15, 0.2) is 11.6 Å². The molecule has 2 aromatic carbocycles. The van der Waals surface area contributed by atoms with Crippen molar-refractivity contribution in [3.63, 3.8) is 0 Å². The number of carbonyl (C=O) groups is 2. The molecule has 1 N–H and O–H groups in total. The van der Waals surface area contributed by atoms with Crippen LogP contribution < -0.4 is 5.32 Å². The van der Waals surface area contributed by atoms with Crippen molar-refractivity contribution < 1.29 is 14.1 Å². The van der Waals surface area contributed by atoms with Gasteiger partial charge in [-0.3, -0.25) is 9.59 Å². The zero-order valence-corrected chi connectivity index (χ0v) is 16.4. The molecule has 144 valence electrons. The lowest BCUT2D eigenvalue weighted by atomic mass is 9.96. The Labute approximate surface area is 164 Å². The van der Waals surface area contributed by atoms with Crippen molar-refractivity contribution in [2.24, 2.45) is 0 Å². The minimum atomic E-state index is -0.416. The van der Waals surface area contributed by atoms with E-state index in [1.54, 1.807) is 31.2 Å². The first kappa shape index (κ1) is 19.5. The number of nitrogens with zero attached hydrogens (tertiary/aromatic N) is 2. The van der Waals surface area contributed by atoms with E-state index in [1.807, 2.05) is 38.1 Å². The molecule has 1 aromatic heterocycles. The highest BCUT2D eigenvalue weighted by atomic mass is 16.5. The molecule has 3 rings (SSSR count). The number of hydrogen-bond acceptors (Lipinski definition) is 5. The van der Waals surface area contributed by atoms with Crippen LogP contribution in [-0.4, -0.2) is 21.8 Å². The molecule has 1 heterocycles. The smallest absolute Gasteiger partial charge is 0.251 e. The molecular weight excluding hydrogens is 354 g/mol. The number of aromatic nitrogens is 2. The van der Waals surface area contributed by atoms with Crippen LogP contribution in [-0.2, 0) is 0 Å². The quantitative estimate of drug-likeness (QED) is 0.637. The fraction of sp³-hybridized carbons (Fsp3) is 0.273. The number of rotatable bonds is 6. The maximum atomic E-state index is 12.7. The molecule has 0 aliphatic rings. The van der Waals surface area contributed by atoms with Crippen LogP contribution in [0, 0.1) is 0 Å². The Morgan fingerprint density at radius 3 is 2.46 bits per heavy atom. The number of hydrogen-bond donors (Lipinski definition) is 1. The third-order valence-corrected chi connectivity index (χ3v) is 4.43. The van der Waals surface area contributed by atoms with Crippen molar-refractivity contribution in [2.45, 2.75) is 39.7 Å². The molecular formula is C22H23N3O3. The molecule has 0 unspecified atom stereocenters. The van der Waals surface area contributed by atoms with Gasteiger partial charge in [-0.05, 0) is 37.1 Å². The molecule has 0 spiro atoms. The van der Waals surface area contributed by atoms with Gasteiger partial charge in [0.2, 0.25) is 5.89 Å². The van der Waals surface area contributed by atoms with Gasteiger partial charge in [-0.1, -0.05) is 55.4 Å². The van der Waals surface area contributed by atoms with Gasteiger partial charge in [-0.2, -0.15) is 4.98 Å². The summed E-state index contributed by atoms with van der Waals surface area (Å²) in [5.41, 5.74) is 2.73. The van der Waals surface area contributed by atoms with Crippen LogP contribution >= 0.6 is 0 Å². The van der Waals surface area contributed by atoms with Crippen molar-refractivity contribution in [1.82, 2.24) is 15.5 Å². The summed E-state index contributed by atoms with van der Waals surface area (Å²) in [6.07, 6.45) is 0. The average Bonchev–Trinajstić information content (AvgIpc) is 3.19. The first-order valence-electron chi connectivity index (χ1n) is 9.21. The lowest BCUT2D eigenvalue weighted by molar-refractivity contribution is 0.0932. The van der Waals surface area contributed by atoms with Gasteiger partial charge in [0.05, 0.1) is 0 Å². The van der Waals surface area contributed by atoms with E-state index < -0.39 is 6.04 Å². The second-order valence-corrected chi connectivity index (χ2v) is 7.02. The molecule has 0 bridgehead atoms. The van der Waals surface area contributed by atoms with E-state index in [0.29, 0.717) is 22.8 Å². The molecule has 0 fully saturated rings. The van der Waals surface area contributed by atoms with Crippen LogP contribution in [0.15, 0.2) is 53.1 Å². The zero-order valence-electron chi connectivity index (χ0n) is 16.4. The van der Waals surface area contributed by atoms with Gasteiger partial charge < -0.3 is 9.84 Å². The minimum absolute atomic E-state index is 0.0172. The molecule has 1 amide bonds. The first-order chi connectivity index (χ1) is 13.4. The van der Waals surface area contributed by atoms with Crippen molar-refractivity contribution in [2.75, 3.05) is 0 Å². The van der Waals surface area contributed by atoms with Crippen LogP contribution in [0.2, 0.25) is 0 Å². The topological polar surface area (TPSA) is 85.1 Å². The fourth-order valence-corrected chi connectivity index (χ4v) is 2.87. The van der Waals surface area contributed by atoms with Crippen LogP contribution in [0.25, 0.3) is 11.1 Å². The third kappa shape index (κ3) is 4.17. The first-order valence-corrected chi connectivity index (χ1v) is 9.21. The van der Waals surface area contributed by atoms with Crippen molar-refractivity contribution in [1.29, 1.82) is 0 Å². The van der Waals surface area contributed by atoms with E-state index in [1.165, 1.54) is 6.92 Å². The second kappa shape index (κ2) is 8.17. The minimum Gasteiger partial charge on any atom is -0.341 e. The number of nitrogens with one attached hydrogen (secondary N) is 1. The Balaban J connectivity index is 1.82. The Bertz CT molecular complexity index is 1010. The normalized spacial score (nSPS) is 12.0. The van der Waals surface area contributed by atoms with Crippen molar-refractivity contribution in [3.05, 3.63) is 71.4 Å². The largest absolute Gasteiger partial charge is 0.341 e. The molecule has 0 saturated heterocycles. The van der Waals surface area contributed by atoms with E-state index in [-0.39, 0.29) is 17.6 Å². The monoisotopic (exact) mass is 377 g/mol. The highest BCUT2D eigenvalue weighted by molar-refractivity contribution is 6.02. The number of ketones is 1. The number of Topliss-reactive ketones (excluding diaryl/α,β-unsaturated/α-hetero) is 1. The summed E-state index contributed by atoms with van der Waals surface area (Å²) in [5.74, 6) is 0.864. The van der Waals surface area contributed by atoms with Crippen LogP contribution in [0.4, 0.5) is 0 Å². The molecule has 3 aromatic rings. The van der Waals surface area contributed by atoms with Gasteiger partial charge in [0, 0.05) is 17.0 Å². The number of carbonyl (C=O) groups excluding carboxylic acids is 2. The van der Waals surface area contributed by atoms with Crippen molar-refractivity contribution >= 4 is 11.7 Å². The summed E-state index contributed by atoms with van der Waals surface area (Å²) in [6, 6.07) is 14.1. The molecule has 0 aliphatic carbocycles. The lowest BCUT2D eigenvalue weighted by Crippen LogP contribution is -2.26. The standard InChI is InChI=1S/C22H23N3O3/c1-13(2)20-24-22(28-25-20)14(3)23-21(27)17-9-7-8-16(12-17)19-11-6-5-10-18(19)15(4)26/h5-14H,1-4H3,(H,23,27)/t14-/m0/s1. The average molecular weight is 377 g/mol. The van der Waals surface area contributed by atoms with Gasteiger partial charge >= 0.3 is 0 Å². The van der Waals surface area contributed by atoms with Gasteiger partial charge in [-0.25, -0.2) is 0 Å². The molecule has 6 heteroatoms. The number of amides is 1. The molecule has 6 nitrogen and oxygen atoms in total. The summed E-state index contributed by atoms with van der Waals surface area (Å²) >= 11 is 0. The SMILES string of the molecule is CC(=O)c1ccccc1-c1cccc(C(=O)N[C@@H](C)c2nc(C(C)C)no2)c1. The molecule has 1 atom stereocenters. The predicted octanol–water partition coefficient (Wildman–Crippen LogP) is 4.55. The fourth-order valence-electron chi connectivity index (χ4n) is 2.87. The van der Waals surface area contributed by atoms with Crippen LogP contribution in [0.3, 0.4) is 0 Å². The van der Waals surface area contributed by atoms with Crippen molar-refractivity contribution in [3.8, 4) is 11.1 Å². The Morgan fingerprint density at radius 1 is 1.04 bits per heavy atom. The molecule has 0 aliphatic heterocycles. The molecule has 28 heavy (non-hydrogen) atoms. The Kier molecular flexibility index (Phi) is 5.68. The maximum absolute atomic E-state index is 12.7. The summed E-state index contributed by atoms with van der Waals surface area (Å²) in [6.45, 7) is 7.28. The summed E-state index contributed by atoms with van der Waals surface area (Å²) < 4.78 is 5.25. The number of benzene rings is 2. The van der Waals surface area contributed by atoms with E-state index in [9.17, 15) is 9.59 Å². The van der Waals surface area contributed by atoms with Gasteiger partial charge in [0.1, 0.15) is 6.04 Å².